The molecule has 4 rings (SSSR count). The van der Waals surface area contributed by atoms with E-state index in [9.17, 15) is 9.90 Å². The zero-order valence-corrected chi connectivity index (χ0v) is 24.5. The molecule has 0 radical (unpaired) electrons. The average Bonchev–Trinajstić information content (AvgIpc) is 2.89. The number of ketones is 1. The lowest BCUT2D eigenvalue weighted by atomic mass is 9.71. The summed E-state index contributed by atoms with van der Waals surface area (Å²) in [5, 5.41) is 14.3. The summed E-state index contributed by atoms with van der Waals surface area (Å²) >= 11 is 0. The zero-order valence-electron chi connectivity index (χ0n) is 22.1. The second-order valence-corrected chi connectivity index (χ2v) is 13.8. The van der Waals surface area contributed by atoms with Crippen LogP contribution in [-0.2, 0) is 4.79 Å². The summed E-state index contributed by atoms with van der Waals surface area (Å²) < 4.78 is 0. The number of aliphatic hydroxyl groups is 1. The molecule has 0 saturated heterocycles. The molecule has 0 amide bonds. The van der Waals surface area contributed by atoms with Gasteiger partial charge in [0.2, 0.25) is 0 Å². The van der Waals surface area contributed by atoms with Crippen molar-refractivity contribution in [2.24, 2.45) is 5.41 Å². The fourth-order valence-corrected chi connectivity index (χ4v) is 9.43. The number of aliphatic hydroxyl groups excluding tert-OH is 1. The monoisotopic (exact) mass is 574 g/mol. The molecule has 37 heavy (non-hydrogen) atoms. The van der Waals surface area contributed by atoms with Crippen molar-refractivity contribution < 1.29 is 26.9 Å². The Morgan fingerprint density at radius 3 is 1.76 bits per heavy atom. The summed E-state index contributed by atoms with van der Waals surface area (Å²) in [6.45, 7) is 8.17. The largest absolute Gasteiger partial charge is 1.00 e. The van der Waals surface area contributed by atoms with Crippen molar-refractivity contribution in [1.29, 1.82) is 0 Å². The predicted octanol–water partition coefficient (Wildman–Crippen LogP) is 3.16. The fourth-order valence-electron chi connectivity index (χ4n) is 5.30. The SMILES string of the molecule is CC1=C(/C=C/C(C)=C/C[P+](c2ccccc2)(c2ccccc2)c2ccccc2)C(C)(C)C[C@@H](O)C1=O.[Br-]. The van der Waals surface area contributed by atoms with Gasteiger partial charge >= 0.3 is 0 Å². The number of carbonyl (C=O) groups excluding carboxylic acids is 1. The molecule has 0 aromatic heterocycles. The highest BCUT2D eigenvalue weighted by Gasteiger charge is 2.44. The molecular formula is C33H36BrO2P. The van der Waals surface area contributed by atoms with Gasteiger partial charge in [0.25, 0.3) is 0 Å². The molecule has 1 aliphatic rings. The van der Waals surface area contributed by atoms with E-state index in [1.165, 1.54) is 15.9 Å². The van der Waals surface area contributed by atoms with Crippen LogP contribution in [-0.4, -0.2) is 23.2 Å². The molecule has 0 aliphatic heterocycles. The Kier molecular flexibility index (Phi) is 9.64. The van der Waals surface area contributed by atoms with E-state index in [0.29, 0.717) is 12.0 Å². The number of hydrogen-bond acceptors (Lipinski definition) is 2. The standard InChI is InChI=1S/C33H36O2P.BrH/c1-25(20-21-30-26(2)32(35)31(34)24-33(30,3)4)22-23-36(27-14-8-5-9-15-27,28-16-10-6-11-17-28)29-18-12-7-13-19-29;/h5-22,31,34H,23-24H2,1-4H3;1H/q+1;/p-1/b21-20+,25-22+;/t31-;/m1./s1. The summed E-state index contributed by atoms with van der Waals surface area (Å²) in [5.41, 5.74) is 2.60. The molecule has 3 aromatic carbocycles. The third-order valence-electron chi connectivity index (χ3n) is 7.30. The van der Waals surface area contributed by atoms with Gasteiger partial charge < -0.3 is 22.1 Å². The number of carbonyl (C=O) groups is 1. The minimum atomic E-state index is -1.93. The topological polar surface area (TPSA) is 37.3 Å². The van der Waals surface area contributed by atoms with Gasteiger partial charge in [-0.05, 0) is 79.3 Å². The lowest BCUT2D eigenvalue weighted by Crippen LogP contribution is -3.00. The van der Waals surface area contributed by atoms with Crippen LogP contribution in [0.3, 0.4) is 0 Å². The molecule has 0 unspecified atom stereocenters. The maximum atomic E-state index is 12.4. The van der Waals surface area contributed by atoms with Crippen molar-refractivity contribution in [2.45, 2.75) is 40.2 Å². The van der Waals surface area contributed by atoms with Crippen molar-refractivity contribution in [3.8, 4) is 0 Å². The first-order valence-corrected chi connectivity index (χ1v) is 14.6. The molecule has 0 heterocycles. The molecule has 0 saturated carbocycles. The Bertz CT molecular complexity index is 1200. The number of halogens is 1. The van der Waals surface area contributed by atoms with E-state index in [4.69, 9.17) is 0 Å². The average molecular weight is 576 g/mol. The van der Waals surface area contributed by atoms with Crippen LogP contribution in [0.4, 0.5) is 0 Å². The molecular weight excluding hydrogens is 539 g/mol. The van der Waals surface area contributed by atoms with E-state index in [1.807, 2.05) is 6.92 Å². The van der Waals surface area contributed by atoms with Crippen LogP contribution in [0.25, 0.3) is 0 Å². The highest BCUT2D eigenvalue weighted by molar-refractivity contribution is 7.95. The van der Waals surface area contributed by atoms with Gasteiger partial charge in [0.05, 0.1) is 6.16 Å². The Labute approximate surface area is 232 Å². The lowest BCUT2D eigenvalue weighted by molar-refractivity contribution is -0.125. The van der Waals surface area contributed by atoms with Crippen LogP contribution in [0.15, 0.2) is 126 Å². The third-order valence-corrected chi connectivity index (χ3v) is 11.6. The first-order chi connectivity index (χ1) is 17.3. The first-order valence-electron chi connectivity index (χ1n) is 12.6. The van der Waals surface area contributed by atoms with E-state index in [-0.39, 0.29) is 28.2 Å². The zero-order chi connectivity index (χ0) is 25.8. The molecule has 192 valence electrons. The van der Waals surface area contributed by atoms with Gasteiger partial charge in [-0.1, -0.05) is 86.2 Å². The number of Topliss-reactive ketones (excluding diaryl/α,β-unsaturated/α-hetero) is 1. The predicted molar refractivity (Wildman–Crippen MR) is 155 cm³/mol. The molecule has 0 spiro atoms. The van der Waals surface area contributed by atoms with Crippen LogP contribution in [0.1, 0.15) is 34.1 Å². The smallest absolute Gasteiger partial charge is 0.187 e. The number of benzene rings is 3. The van der Waals surface area contributed by atoms with Crippen molar-refractivity contribution in [3.05, 3.63) is 126 Å². The molecule has 3 aromatic rings. The normalized spacial score (nSPS) is 18.1. The van der Waals surface area contributed by atoms with Gasteiger partial charge in [-0.2, -0.15) is 0 Å². The maximum absolute atomic E-state index is 12.4. The summed E-state index contributed by atoms with van der Waals surface area (Å²) in [7, 11) is -1.93. The number of hydrogen-bond donors (Lipinski definition) is 1. The van der Waals surface area contributed by atoms with E-state index < -0.39 is 13.4 Å². The van der Waals surface area contributed by atoms with Gasteiger partial charge in [0.15, 0.2) is 5.78 Å². The summed E-state index contributed by atoms with van der Waals surface area (Å²) in [6, 6.07) is 32.7. The second kappa shape index (κ2) is 12.3. The van der Waals surface area contributed by atoms with Crippen LogP contribution in [0.5, 0.6) is 0 Å². The summed E-state index contributed by atoms with van der Waals surface area (Å²) in [5.74, 6) is -0.155. The summed E-state index contributed by atoms with van der Waals surface area (Å²) in [6.07, 6.45) is 7.01. The molecule has 2 nitrogen and oxygen atoms in total. The molecule has 1 atom stereocenters. The molecule has 0 bridgehead atoms. The highest BCUT2D eigenvalue weighted by Crippen LogP contribution is 2.55. The lowest BCUT2D eigenvalue weighted by Gasteiger charge is -2.34. The minimum Gasteiger partial charge on any atom is -1.00 e. The quantitative estimate of drug-likeness (QED) is 0.348. The van der Waals surface area contributed by atoms with E-state index in [0.717, 1.165) is 17.3 Å². The summed E-state index contributed by atoms with van der Waals surface area (Å²) in [4.78, 5) is 12.4. The van der Waals surface area contributed by atoms with Crippen molar-refractivity contribution in [3.63, 3.8) is 0 Å². The highest BCUT2D eigenvalue weighted by atomic mass is 79.9. The van der Waals surface area contributed by atoms with Crippen LogP contribution >= 0.6 is 7.26 Å². The third kappa shape index (κ3) is 6.12. The molecule has 4 heteroatoms. The van der Waals surface area contributed by atoms with Crippen molar-refractivity contribution in [2.75, 3.05) is 6.16 Å². The van der Waals surface area contributed by atoms with Crippen molar-refractivity contribution >= 4 is 29.0 Å². The van der Waals surface area contributed by atoms with E-state index >= 15 is 0 Å². The Hall–Kier alpha value is -2.58. The van der Waals surface area contributed by atoms with E-state index in [2.05, 4.69) is 130 Å². The molecule has 1 aliphatic carbocycles. The Balaban J connectivity index is 0.00000380. The Morgan fingerprint density at radius 1 is 0.892 bits per heavy atom. The van der Waals surface area contributed by atoms with Gasteiger partial charge in [-0.25, -0.2) is 0 Å². The Morgan fingerprint density at radius 2 is 1.32 bits per heavy atom. The first kappa shape index (κ1) is 29.0. The van der Waals surface area contributed by atoms with Crippen LogP contribution in [0, 0.1) is 5.41 Å². The van der Waals surface area contributed by atoms with Gasteiger partial charge in [-0.15, -0.1) is 0 Å². The van der Waals surface area contributed by atoms with Gasteiger partial charge in [0, 0.05) is 0 Å². The minimum absolute atomic E-state index is 0. The van der Waals surface area contributed by atoms with E-state index in [1.54, 1.807) is 0 Å². The molecule has 0 fully saturated rings. The maximum Gasteiger partial charge on any atom is 0.187 e. The second-order valence-electron chi connectivity index (χ2n) is 10.3. The van der Waals surface area contributed by atoms with Crippen molar-refractivity contribution in [1.82, 2.24) is 0 Å². The van der Waals surface area contributed by atoms with Gasteiger partial charge in [-0.3, -0.25) is 4.79 Å². The molecule has 1 N–H and O–H groups in total. The van der Waals surface area contributed by atoms with Crippen LogP contribution in [0.2, 0.25) is 0 Å². The number of allylic oxidation sites excluding steroid dienone is 5. The van der Waals surface area contributed by atoms with Gasteiger partial charge in [0.1, 0.15) is 29.3 Å². The van der Waals surface area contributed by atoms with Crippen LogP contribution < -0.4 is 32.9 Å². The number of rotatable bonds is 7. The fraction of sp³-hybridized carbons (Fsp3) is 0.242.